The Labute approximate surface area is 122 Å². The van der Waals surface area contributed by atoms with Crippen LogP contribution in [0.4, 0.5) is 5.69 Å². The van der Waals surface area contributed by atoms with Crippen LogP contribution in [0, 0.1) is 0 Å². The van der Waals surface area contributed by atoms with Crippen LogP contribution >= 0.6 is 11.3 Å². The molecule has 0 bridgehead atoms. The van der Waals surface area contributed by atoms with E-state index in [1.807, 2.05) is 41.8 Å². The highest BCUT2D eigenvalue weighted by Crippen LogP contribution is 2.31. The molecule has 1 amide bonds. The largest absolute Gasteiger partial charge is 0.385 e. The van der Waals surface area contributed by atoms with Crippen molar-refractivity contribution in [1.29, 1.82) is 0 Å². The van der Waals surface area contributed by atoms with E-state index >= 15 is 0 Å². The van der Waals surface area contributed by atoms with E-state index in [0.717, 1.165) is 16.1 Å². The molecule has 106 valence electrons. The van der Waals surface area contributed by atoms with Gasteiger partial charge in [0.15, 0.2) is 0 Å². The lowest BCUT2D eigenvalue weighted by Crippen LogP contribution is -2.36. The number of anilines is 1. The first-order valence-corrected chi connectivity index (χ1v) is 7.28. The molecule has 0 aliphatic carbocycles. The number of benzene rings is 1. The van der Waals surface area contributed by atoms with Crippen molar-refractivity contribution in [3.63, 3.8) is 0 Å². The number of nitrogens with one attached hydrogen (secondary N) is 1. The van der Waals surface area contributed by atoms with Crippen LogP contribution in [0.2, 0.25) is 0 Å². The molecule has 0 saturated heterocycles. The number of para-hydroxylation sites is 1. The Morgan fingerprint density at radius 2 is 2.15 bits per heavy atom. The standard InChI is InChI=1S/C15H18N2O2S/c1-19-9-8-12(16)15(18)17-13-6-3-2-5-11(13)14-7-4-10-20-14/h2-7,10,12H,8-9,16H2,1H3,(H,17,18). The third kappa shape index (κ3) is 3.66. The van der Waals surface area contributed by atoms with Crippen molar-refractivity contribution < 1.29 is 9.53 Å². The van der Waals surface area contributed by atoms with Crippen molar-refractivity contribution in [2.24, 2.45) is 5.73 Å². The molecule has 0 radical (unpaired) electrons. The molecule has 20 heavy (non-hydrogen) atoms. The highest BCUT2D eigenvalue weighted by atomic mass is 32.1. The van der Waals surface area contributed by atoms with Crippen molar-refractivity contribution in [2.75, 3.05) is 19.0 Å². The maximum atomic E-state index is 12.1. The summed E-state index contributed by atoms with van der Waals surface area (Å²) in [6.07, 6.45) is 0.503. The number of methoxy groups -OCH3 is 1. The van der Waals surface area contributed by atoms with Gasteiger partial charge in [-0.2, -0.15) is 0 Å². The van der Waals surface area contributed by atoms with Crippen molar-refractivity contribution in [2.45, 2.75) is 12.5 Å². The zero-order chi connectivity index (χ0) is 14.4. The number of ether oxygens (including phenoxy) is 1. The molecule has 3 N–H and O–H groups in total. The second kappa shape index (κ2) is 7.19. The molecule has 0 fully saturated rings. The average molecular weight is 290 g/mol. The molecule has 1 aromatic carbocycles. The van der Waals surface area contributed by atoms with Gasteiger partial charge in [0.05, 0.1) is 6.04 Å². The minimum absolute atomic E-state index is 0.189. The summed E-state index contributed by atoms with van der Waals surface area (Å²) in [4.78, 5) is 13.2. The van der Waals surface area contributed by atoms with Crippen LogP contribution in [0.25, 0.3) is 10.4 Å². The highest BCUT2D eigenvalue weighted by molar-refractivity contribution is 7.13. The Hall–Kier alpha value is -1.69. The van der Waals surface area contributed by atoms with Crippen LogP contribution in [0.5, 0.6) is 0 Å². The van der Waals surface area contributed by atoms with Crippen molar-refractivity contribution >= 4 is 22.9 Å². The van der Waals surface area contributed by atoms with Crippen LogP contribution in [0.1, 0.15) is 6.42 Å². The van der Waals surface area contributed by atoms with Crippen molar-refractivity contribution in [3.05, 3.63) is 41.8 Å². The fraction of sp³-hybridized carbons (Fsp3) is 0.267. The Morgan fingerprint density at radius 1 is 1.35 bits per heavy atom. The van der Waals surface area contributed by atoms with Crippen LogP contribution in [0.3, 0.4) is 0 Å². The summed E-state index contributed by atoms with van der Waals surface area (Å²) in [6.45, 7) is 0.473. The molecule has 2 rings (SSSR count). The molecule has 0 aliphatic rings. The van der Waals surface area contributed by atoms with E-state index in [-0.39, 0.29) is 5.91 Å². The van der Waals surface area contributed by atoms with E-state index < -0.39 is 6.04 Å². The Morgan fingerprint density at radius 3 is 2.85 bits per heavy atom. The van der Waals surface area contributed by atoms with Gasteiger partial charge in [0.25, 0.3) is 0 Å². The molecule has 1 unspecified atom stereocenters. The summed E-state index contributed by atoms with van der Waals surface area (Å²) in [5.41, 5.74) is 7.62. The number of hydrogen-bond donors (Lipinski definition) is 2. The Balaban J connectivity index is 2.12. The molecule has 0 spiro atoms. The van der Waals surface area contributed by atoms with Crippen molar-refractivity contribution in [1.82, 2.24) is 0 Å². The Kier molecular flexibility index (Phi) is 5.29. The van der Waals surface area contributed by atoms with E-state index in [0.29, 0.717) is 13.0 Å². The van der Waals surface area contributed by atoms with Gasteiger partial charge in [-0.3, -0.25) is 4.79 Å². The average Bonchev–Trinajstić information content (AvgIpc) is 2.99. The third-order valence-electron chi connectivity index (χ3n) is 2.94. The van der Waals surface area contributed by atoms with Crippen molar-refractivity contribution in [3.8, 4) is 10.4 Å². The summed E-state index contributed by atoms with van der Waals surface area (Å²) in [7, 11) is 1.59. The first-order chi connectivity index (χ1) is 9.72. The Bertz CT molecular complexity index is 555. The molecule has 1 heterocycles. The molecule has 5 heteroatoms. The lowest BCUT2D eigenvalue weighted by molar-refractivity contribution is -0.117. The normalized spacial score (nSPS) is 12.1. The van der Waals surface area contributed by atoms with Crippen LogP contribution in [-0.2, 0) is 9.53 Å². The summed E-state index contributed by atoms with van der Waals surface area (Å²) in [5.74, 6) is -0.189. The fourth-order valence-electron chi connectivity index (χ4n) is 1.84. The molecule has 2 aromatic rings. The number of rotatable bonds is 6. The number of thiophene rings is 1. The second-order valence-corrected chi connectivity index (χ2v) is 5.35. The van der Waals surface area contributed by atoms with Crippen LogP contribution in [0.15, 0.2) is 41.8 Å². The number of hydrogen-bond acceptors (Lipinski definition) is 4. The monoisotopic (exact) mass is 290 g/mol. The number of nitrogens with two attached hydrogens (primary N) is 1. The quantitative estimate of drug-likeness (QED) is 0.859. The van der Waals surface area contributed by atoms with Crippen LogP contribution < -0.4 is 11.1 Å². The van der Waals surface area contributed by atoms with Gasteiger partial charge in [0.1, 0.15) is 0 Å². The molecule has 4 nitrogen and oxygen atoms in total. The summed E-state index contributed by atoms with van der Waals surface area (Å²) in [5, 5.41) is 4.91. The number of amides is 1. The molecule has 1 atom stereocenters. The van der Waals surface area contributed by atoms with Gasteiger partial charge in [0, 0.05) is 29.8 Å². The summed E-state index contributed by atoms with van der Waals surface area (Å²) < 4.78 is 4.94. The molecule has 1 aromatic heterocycles. The summed E-state index contributed by atoms with van der Waals surface area (Å²) >= 11 is 1.64. The minimum Gasteiger partial charge on any atom is -0.385 e. The van der Waals surface area contributed by atoms with E-state index in [1.54, 1.807) is 18.4 Å². The van der Waals surface area contributed by atoms with Gasteiger partial charge in [-0.05, 0) is 23.9 Å². The molecule has 0 aliphatic heterocycles. The predicted octanol–water partition coefficient (Wildman–Crippen LogP) is 2.72. The predicted molar refractivity (Wildman–Crippen MR) is 82.9 cm³/mol. The lowest BCUT2D eigenvalue weighted by Gasteiger charge is -2.14. The highest BCUT2D eigenvalue weighted by Gasteiger charge is 2.15. The van der Waals surface area contributed by atoms with Gasteiger partial charge >= 0.3 is 0 Å². The fourth-order valence-corrected chi connectivity index (χ4v) is 2.61. The molecular formula is C15H18N2O2S. The maximum absolute atomic E-state index is 12.1. The van der Waals surface area contributed by atoms with E-state index in [9.17, 15) is 4.79 Å². The zero-order valence-corrected chi connectivity index (χ0v) is 12.2. The third-order valence-corrected chi connectivity index (χ3v) is 3.84. The second-order valence-electron chi connectivity index (χ2n) is 4.40. The van der Waals surface area contributed by atoms with E-state index in [4.69, 9.17) is 10.5 Å². The van der Waals surface area contributed by atoms with Gasteiger partial charge in [-0.1, -0.05) is 24.3 Å². The number of carbonyl (C=O) groups is 1. The first-order valence-electron chi connectivity index (χ1n) is 6.40. The van der Waals surface area contributed by atoms with E-state index in [1.165, 1.54) is 0 Å². The smallest absolute Gasteiger partial charge is 0.241 e. The van der Waals surface area contributed by atoms with Gasteiger partial charge < -0.3 is 15.8 Å². The maximum Gasteiger partial charge on any atom is 0.241 e. The SMILES string of the molecule is COCCC(N)C(=O)Nc1ccccc1-c1cccs1. The van der Waals surface area contributed by atoms with Gasteiger partial charge in [-0.15, -0.1) is 11.3 Å². The van der Waals surface area contributed by atoms with E-state index in [2.05, 4.69) is 5.32 Å². The number of carbonyl (C=O) groups excluding carboxylic acids is 1. The molecule has 0 saturated carbocycles. The van der Waals surface area contributed by atoms with Crippen LogP contribution in [-0.4, -0.2) is 25.7 Å². The lowest BCUT2D eigenvalue weighted by atomic mass is 10.1. The van der Waals surface area contributed by atoms with Gasteiger partial charge in [-0.25, -0.2) is 0 Å². The van der Waals surface area contributed by atoms with Gasteiger partial charge in [0.2, 0.25) is 5.91 Å². The first kappa shape index (κ1) is 14.7. The molecular weight excluding hydrogens is 272 g/mol. The minimum atomic E-state index is -0.564. The topological polar surface area (TPSA) is 64.3 Å². The summed E-state index contributed by atoms with van der Waals surface area (Å²) in [6, 6.07) is 11.2. The zero-order valence-electron chi connectivity index (χ0n) is 11.3.